The van der Waals surface area contributed by atoms with Crippen LogP contribution in [-0.2, 0) is 0 Å². The van der Waals surface area contributed by atoms with Crippen molar-refractivity contribution in [1.29, 1.82) is 0 Å². The monoisotopic (exact) mass is 237 g/mol. The number of carbonyl (C=O) groups is 1. The van der Waals surface area contributed by atoms with Crippen molar-refractivity contribution in [3.63, 3.8) is 0 Å². The van der Waals surface area contributed by atoms with E-state index in [2.05, 4.69) is 5.32 Å². The van der Waals surface area contributed by atoms with Gasteiger partial charge < -0.3 is 14.8 Å². The topological polar surface area (TPSA) is 47.6 Å². The molecule has 86 valence electrons. The predicted molar refractivity (Wildman–Crippen MR) is 69.5 cm³/mol. The Balaban J connectivity index is 2.15. The third-order valence-electron chi connectivity index (χ3n) is 2.55. The quantitative estimate of drug-likeness (QED) is 0.576. The Morgan fingerprint density at radius 1 is 1.33 bits per heavy atom. The summed E-state index contributed by atoms with van der Waals surface area (Å²) in [5, 5.41) is 2.73. The standard InChI is InChI=1S/C11H10B3NO3/c1-5(15-10(12)13)9(16)6-2-3-7-8(4-6)18-11(14)17-7/h2-5,10-11,15H,1H3/t5-,11?/m1/s1. The fraction of sp³-hybridized carbons (Fsp3) is 0.364. The van der Waals surface area contributed by atoms with Crippen molar-refractivity contribution in [2.75, 3.05) is 0 Å². The average Bonchev–Trinajstić information content (AvgIpc) is 2.65. The Labute approximate surface area is 110 Å². The van der Waals surface area contributed by atoms with Gasteiger partial charge in [0, 0.05) is 5.56 Å². The van der Waals surface area contributed by atoms with Gasteiger partial charge in [-0.15, -0.1) is 0 Å². The van der Waals surface area contributed by atoms with Gasteiger partial charge in [0.1, 0.15) is 0 Å². The fourth-order valence-corrected chi connectivity index (χ4v) is 1.74. The number of nitrogens with one attached hydrogen (secondary N) is 1. The van der Waals surface area contributed by atoms with E-state index in [9.17, 15) is 4.79 Å². The molecule has 4 nitrogen and oxygen atoms in total. The van der Waals surface area contributed by atoms with Crippen molar-refractivity contribution < 1.29 is 14.3 Å². The molecule has 0 saturated heterocycles. The molecular formula is C11H10B3NO3. The molecule has 1 aromatic rings. The minimum absolute atomic E-state index is 0.136. The number of ether oxygens (including phenoxy) is 2. The summed E-state index contributed by atoms with van der Waals surface area (Å²) in [7, 11) is 16.2. The van der Waals surface area contributed by atoms with Crippen LogP contribution in [-0.4, -0.2) is 47.4 Å². The summed E-state index contributed by atoms with van der Waals surface area (Å²) >= 11 is 0. The van der Waals surface area contributed by atoms with E-state index in [0.29, 0.717) is 17.1 Å². The van der Waals surface area contributed by atoms with Gasteiger partial charge in [0.2, 0.25) is 0 Å². The second kappa shape index (κ2) is 5.10. The summed E-state index contributed by atoms with van der Waals surface area (Å²) < 4.78 is 10.3. The SMILES string of the molecule is [B]C([B])N[C@H](C)C(=O)c1ccc2c(c1)OC([B])O2. The molecule has 1 unspecified atom stereocenters. The van der Waals surface area contributed by atoms with Gasteiger partial charge in [0.25, 0.3) is 0 Å². The molecule has 1 aliphatic heterocycles. The summed E-state index contributed by atoms with van der Waals surface area (Å²) in [6, 6.07) is 4.39. The number of fused-ring (bicyclic) bond motifs is 1. The lowest BCUT2D eigenvalue weighted by Crippen LogP contribution is -2.41. The van der Waals surface area contributed by atoms with Crippen molar-refractivity contribution in [2.45, 2.75) is 25.0 Å². The minimum Gasteiger partial charge on any atom is -0.461 e. The first-order chi connectivity index (χ1) is 8.47. The van der Waals surface area contributed by atoms with Gasteiger partial charge in [0.05, 0.1) is 21.7 Å². The molecule has 1 aromatic carbocycles. The highest BCUT2D eigenvalue weighted by atomic mass is 16.7. The molecule has 1 N–H and O–H groups in total. The number of benzene rings is 1. The molecule has 0 aromatic heterocycles. The molecule has 1 heterocycles. The van der Waals surface area contributed by atoms with E-state index < -0.39 is 18.1 Å². The first kappa shape index (κ1) is 13.1. The van der Waals surface area contributed by atoms with E-state index in [4.69, 9.17) is 33.0 Å². The Kier molecular flexibility index (Phi) is 3.71. The molecule has 0 aliphatic carbocycles. The maximum atomic E-state index is 12.1. The number of hydrogen-bond acceptors (Lipinski definition) is 4. The molecule has 7 heteroatoms. The van der Waals surface area contributed by atoms with Gasteiger partial charge in [-0.05, 0) is 25.1 Å². The molecule has 2 rings (SSSR count). The molecular weight excluding hydrogens is 227 g/mol. The van der Waals surface area contributed by atoms with E-state index in [1.165, 1.54) is 0 Å². The maximum absolute atomic E-state index is 12.1. The molecule has 2 atom stereocenters. The van der Waals surface area contributed by atoms with Crippen molar-refractivity contribution in [2.24, 2.45) is 0 Å². The average molecular weight is 237 g/mol. The first-order valence-corrected chi connectivity index (χ1v) is 5.52. The third-order valence-corrected chi connectivity index (χ3v) is 2.55. The Bertz CT molecular complexity index is 467. The highest BCUT2D eigenvalue weighted by Crippen LogP contribution is 2.34. The van der Waals surface area contributed by atoms with E-state index in [1.54, 1.807) is 25.1 Å². The van der Waals surface area contributed by atoms with Crippen LogP contribution < -0.4 is 14.8 Å². The number of hydrogen-bond donors (Lipinski definition) is 1. The largest absolute Gasteiger partial charge is 0.461 e. The number of carbonyl (C=O) groups excluding carboxylic acids is 1. The van der Waals surface area contributed by atoms with Gasteiger partial charge in [-0.25, -0.2) is 0 Å². The lowest BCUT2D eigenvalue weighted by atomic mass is 9.78. The summed E-state index contributed by atoms with van der Waals surface area (Å²) in [4.78, 5) is 12.1. The molecule has 0 amide bonds. The van der Waals surface area contributed by atoms with Crippen LogP contribution >= 0.6 is 0 Å². The van der Waals surface area contributed by atoms with Crippen LogP contribution in [0.25, 0.3) is 0 Å². The molecule has 0 bridgehead atoms. The zero-order chi connectivity index (χ0) is 13.3. The molecule has 1 aliphatic rings. The normalized spacial score (nSPS) is 18.9. The molecule has 6 radical (unpaired) electrons. The number of ketones is 1. The summed E-state index contributed by atoms with van der Waals surface area (Å²) in [6.45, 7) is 1.69. The molecule has 0 fully saturated rings. The lowest BCUT2D eigenvalue weighted by molar-refractivity contribution is 0.0951. The smallest absolute Gasteiger partial charge is 0.189 e. The number of rotatable bonds is 4. The van der Waals surface area contributed by atoms with Gasteiger partial charge >= 0.3 is 0 Å². The third kappa shape index (κ3) is 2.72. The minimum atomic E-state index is -0.821. The zero-order valence-electron chi connectivity index (χ0n) is 9.92. The maximum Gasteiger partial charge on any atom is 0.189 e. The lowest BCUT2D eigenvalue weighted by Gasteiger charge is -2.16. The highest BCUT2D eigenvalue weighted by Gasteiger charge is 2.22. The van der Waals surface area contributed by atoms with Crippen LogP contribution in [0.15, 0.2) is 18.2 Å². The second-order valence-electron chi connectivity index (χ2n) is 4.04. The van der Waals surface area contributed by atoms with Crippen LogP contribution in [0.2, 0.25) is 0 Å². The van der Waals surface area contributed by atoms with Crippen LogP contribution in [0.3, 0.4) is 0 Å². The summed E-state index contributed by atoms with van der Waals surface area (Å²) in [5.41, 5.74) is 0.479. The highest BCUT2D eigenvalue weighted by molar-refractivity contribution is 6.35. The van der Waals surface area contributed by atoms with Gasteiger partial charge in [0.15, 0.2) is 31.3 Å². The van der Waals surface area contributed by atoms with E-state index in [-0.39, 0.29) is 5.78 Å². The number of Topliss-reactive ketones (excluding diaryl/α,β-unsaturated/α-hetero) is 1. The van der Waals surface area contributed by atoms with Crippen molar-refractivity contribution in [3.05, 3.63) is 23.8 Å². The zero-order valence-corrected chi connectivity index (χ0v) is 9.92. The second-order valence-corrected chi connectivity index (χ2v) is 4.04. The van der Waals surface area contributed by atoms with Crippen LogP contribution in [0.4, 0.5) is 0 Å². The van der Waals surface area contributed by atoms with Crippen molar-refractivity contribution >= 4 is 29.3 Å². The van der Waals surface area contributed by atoms with Crippen molar-refractivity contribution in [1.82, 2.24) is 5.32 Å². The van der Waals surface area contributed by atoms with Crippen LogP contribution in [0.5, 0.6) is 11.5 Å². The summed E-state index contributed by atoms with van der Waals surface area (Å²) in [5.74, 6) is 0.0990. The Morgan fingerprint density at radius 3 is 2.67 bits per heavy atom. The van der Waals surface area contributed by atoms with E-state index in [1.807, 2.05) is 0 Å². The van der Waals surface area contributed by atoms with Gasteiger partial charge in [-0.1, -0.05) is 5.84 Å². The molecule has 0 saturated carbocycles. The summed E-state index contributed by atoms with van der Waals surface area (Å²) in [6.07, 6.45) is -0.821. The van der Waals surface area contributed by atoms with Crippen molar-refractivity contribution in [3.8, 4) is 11.5 Å². The van der Waals surface area contributed by atoms with E-state index >= 15 is 0 Å². The molecule has 18 heavy (non-hydrogen) atoms. The van der Waals surface area contributed by atoms with Crippen LogP contribution in [0, 0.1) is 0 Å². The van der Waals surface area contributed by atoms with Crippen LogP contribution in [0.1, 0.15) is 17.3 Å². The van der Waals surface area contributed by atoms with E-state index in [0.717, 1.165) is 0 Å². The molecule has 0 spiro atoms. The Hall–Kier alpha value is -1.36. The van der Waals surface area contributed by atoms with Gasteiger partial charge in [-0.3, -0.25) is 4.79 Å². The first-order valence-electron chi connectivity index (χ1n) is 5.52. The predicted octanol–water partition coefficient (Wildman–Crippen LogP) is -0.309. The fourth-order valence-electron chi connectivity index (χ4n) is 1.74. The van der Waals surface area contributed by atoms with Gasteiger partial charge in [-0.2, -0.15) is 0 Å². The Morgan fingerprint density at radius 2 is 2.00 bits per heavy atom.